The van der Waals surface area contributed by atoms with Crippen LogP contribution in [0.25, 0.3) is 0 Å². The van der Waals surface area contributed by atoms with Crippen LogP contribution in [0.3, 0.4) is 0 Å². The van der Waals surface area contributed by atoms with Gasteiger partial charge in [0.25, 0.3) is 25.7 Å². The normalized spacial score (nSPS) is 19.6. The SMILES string of the molecule is C.CC(=O)N1CCc2c(c(Br)nn2C2CCOCC2)C1.CC(=O)N1CCc2c(c(N3CCCc4cc(B5OC(C)(C)C(C)(C)O5)c(C(F)F)cc43)nn2C2CCOCC2)C1.CC(=O)N1CCc2c(c(N3CCCc4cc(Br)c(C(F)F)cc43)nn2C2CCOCC2)C1.CC(=O)N1CCc2c(c(N3CCCc4ccc(C(F)F)cc43)nn2C2CCOCC2)C1.FC(F)c1ccc2c(c1)NCCC2.[B]=NS. The molecule has 0 unspecified atom stereocenters. The fourth-order valence-corrected chi connectivity index (χ4v) is 22.3. The number of hydrogen-bond acceptors (Lipinski definition) is 20. The molecule has 8 aromatic rings. The molecule has 0 saturated carbocycles. The number of rotatable bonds is 12. The zero-order valence-corrected chi connectivity index (χ0v) is 83.9. The van der Waals surface area contributed by atoms with Gasteiger partial charge in [0, 0.05) is 253 Å². The minimum absolute atomic E-state index is 0. The maximum absolute atomic E-state index is 14.6. The Bertz CT molecular complexity index is 5690. The number of halogens is 10. The van der Waals surface area contributed by atoms with Crippen molar-refractivity contribution >= 4 is 129 Å². The molecule has 13 aliphatic heterocycles. The van der Waals surface area contributed by atoms with Crippen LogP contribution in [0.2, 0.25) is 0 Å². The first-order valence-corrected chi connectivity index (χ1v) is 50.5. The summed E-state index contributed by atoms with van der Waals surface area (Å²) in [6, 6.07) is 17.9. The van der Waals surface area contributed by atoms with Gasteiger partial charge in [0.2, 0.25) is 23.6 Å². The number of nitrogens with one attached hydrogen (secondary N) is 1. The standard InChI is InChI=1S/C29H39BF2N4O4.C23H27BrF2N4O2.C23H28F2N4O2.C13H18BrN3O2.C10H11F2N.CH4.BHNS/c1-18(37)34-12-8-24-22(17-34)27(33-36(24)20-9-13-38-14-10-20)35-11-6-7-19-15-23(21(26(31)32)16-25(19)35)30-39-28(2,3)29(4,5)40-30;1-14(31)28-8-4-20-18(13-28)23(27-30(20)16-5-9-32-10-6-16)29-7-2-3-15-11-19(24)17(22(25)26)12-21(15)29;1-15(30)27-10-6-20-19(14-27)23(26-29(20)18-7-11-31-12-8-18)28-9-2-3-16-4-5-17(22(24)25)13-21(16)28;1-9(18)16-5-2-12-11(8-16)13(14)15-17(12)10-3-6-19-7-4-10;11-10(12)8-4-3-7-2-1-5-13-9(7)6-8;;1-2-3/h15-16,20,26H,6-14,17H2,1-5H3;11-12,16,22H,2-10,13H2,1H3;4-5,13,18,22H,2-3,6-12,14H2,1H3;10H,2-8H2,1H3;3-4,6,10,13H,1-2,5H2;1H4;3H. The number of amides is 4. The van der Waals surface area contributed by atoms with Crippen LogP contribution < -0.4 is 25.5 Å². The van der Waals surface area contributed by atoms with Gasteiger partial charge in [-0.3, -0.25) is 37.9 Å². The summed E-state index contributed by atoms with van der Waals surface area (Å²) in [5, 5.41) is 23.1. The van der Waals surface area contributed by atoms with E-state index in [4.69, 9.17) is 43.6 Å². The molecule has 4 amide bonds. The molecule has 751 valence electrons. The first-order chi connectivity index (χ1) is 66.3. The molecule has 4 aromatic carbocycles. The van der Waals surface area contributed by atoms with Gasteiger partial charge in [0.15, 0.2) is 17.5 Å². The van der Waals surface area contributed by atoms with E-state index in [0.717, 1.165) is 264 Å². The Kier molecular flexibility index (Phi) is 34.5. The fraction of sp³-hybridized carbons (Fsp3) is 0.596. The van der Waals surface area contributed by atoms with Gasteiger partial charge in [-0.1, -0.05) is 53.7 Å². The van der Waals surface area contributed by atoms with E-state index >= 15 is 0 Å². The molecule has 27 nitrogen and oxygen atoms in total. The van der Waals surface area contributed by atoms with Gasteiger partial charge in [-0.25, -0.2) is 35.1 Å². The van der Waals surface area contributed by atoms with E-state index in [-0.39, 0.29) is 71.4 Å². The number of aryl methyl sites for hydroxylation is 4. The third kappa shape index (κ3) is 23.1. The van der Waals surface area contributed by atoms with Crippen molar-refractivity contribution in [1.29, 1.82) is 0 Å². The number of anilines is 7. The van der Waals surface area contributed by atoms with E-state index in [9.17, 15) is 54.3 Å². The summed E-state index contributed by atoms with van der Waals surface area (Å²) in [6.07, 6.45) is 7.75. The third-order valence-electron chi connectivity index (χ3n) is 29.4. The molecular weight excluding hydrogens is 1950 g/mol. The molecule has 13 aliphatic rings. The zero-order valence-electron chi connectivity index (χ0n) is 79.8. The summed E-state index contributed by atoms with van der Waals surface area (Å²) in [6.45, 7) is 28.0. The molecule has 0 bridgehead atoms. The molecule has 0 atom stereocenters. The number of benzene rings is 4. The van der Waals surface area contributed by atoms with Gasteiger partial charge < -0.3 is 67.9 Å². The van der Waals surface area contributed by atoms with Crippen LogP contribution in [0.5, 0.6) is 0 Å². The van der Waals surface area contributed by atoms with Gasteiger partial charge in [-0.2, -0.15) is 20.4 Å². The summed E-state index contributed by atoms with van der Waals surface area (Å²) < 4.78 is 155. The fourth-order valence-electron chi connectivity index (χ4n) is 21.2. The van der Waals surface area contributed by atoms with Crippen LogP contribution in [0, 0.1) is 0 Å². The average molecular weight is 2080 g/mol. The van der Waals surface area contributed by atoms with Crippen LogP contribution in [-0.2, 0) is 125 Å². The Morgan fingerprint density at radius 2 is 0.763 bits per heavy atom. The predicted molar refractivity (Wildman–Crippen MR) is 528 cm³/mol. The van der Waals surface area contributed by atoms with Gasteiger partial charge in [0.1, 0.15) is 4.60 Å². The zero-order chi connectivity index (χ0) is 97.7. The van der Waals surface area contributed by atoms with E-state index in [1.165, 1.54) is 34.8 Å². The Morgan fingerprint density at radius 1 is 0.432 bits per heavy atom. The predicted octanol–water partition coefficient (Wildman–Crippen LogP) is 19.2. The number of fused-ring (bicyclic) bond motifs is 8. The Morgan fingerprint density at radius 3 is 1.14 bits per heavy atom. The molecule has 0 aliphatic carbocycles. The number of hydrogen-bond donors (Lipinski definition) is 2. The van der Waals surface area contributed by atoms with E-state index < -0.39 is 44.0 Å². The summed E-state index contributed by atoms with van der Waals surface area (Å²) in [4.78, 5) is 61.8. The molecule has 21 rings (SSSR count). The molecule has 4 aromatic heterocycles. The number of aromatic nitrogens is 8. The Labute approximate surface area is 832 Å². The van der Waals surface area contributed by atoms with Crippen LogP contribution >= 0.6 is 44.7 Å². The molecule has 5 fully saturated rings. The van der Waals surface area contributed by atoms with Crippen molar-refractivity contribution in [3.05, 3.63) is 159 Å². The van der Waals surface area contributed by atoms with Crippen molar-refractivity contribution in [3.8, 4) is 0 Å². The molecule has 1 N–H and O–H groups in total. The summed E-state index contributed by atoms with van der Waals surface area (Å²) >= 11 is 10.1. The second kappa shape index (κ2) is 45.9. The van der Waals surface area contributed by atoms with Crippen molar-refractivity contribution < 1.29 is 82.6 Å². The molecule has 40 heteroatoms. The number of nitrogens with zero attached hydrogens (tertiary/aromatic N) is 16. The minimum atomic E-state index is -2.69. The Balaban J connectivity index is 0.000000135. The number of ether oxygens (including phenoxy) is 4. The van der Waals surface area contributed by atoms with Gasteiger partial charge in [0.05, 0.1) is 61.5 Å². The van der Waals surface area contributed by atoms with Crippen LogP contribution in [0.4, 0.5) is 75.3 Å². The summed E-state index contributed by atoms with van der Waals surface area (Å²) in [5.74, 6) is 2.66. The monoisotopic (exact) mass is 2080 g/mol. The van der Waals surface area contributed by atoms with Gasteiger partial charge in [-0.15, -0.1) is 0 Å². The van der Waals surface area contributed by atoms with Gasteiger partial charge in [-0.05, 0) is 204 Å². The van der Waals surface area contributed by atoms with Gasteiger partial charge >= 0.3 is 31.9 Å². The van der Waals surface area contributed by atoms with E-state index in [2.05, 4.69) is 100 Å². The molecule has 5 saturated heterocycles. The number of thiol groups is 1. The molecule has 139 heavy (non-hydrogen) atoms. The van der Waals surface area contributed by atoms with Crippen LogP contribution in [-0.4, -0.2) is 214 Å². The first kappa shape index (κ1) is 105. The number of alkyl halides is 8. The first-order valence-electron chi connectivity index (χ1n) is 48.5. The Hall–Kier alpha value is -8.76. The van der Waals surface area contributed by atoms with Crippen molar-refractivity contribution in [2.75, 3.05) is 125 Å². The summed E-state index contributed by atoms with van der Waals surface area (Å²) in [7, 11) is 3.47. The average Bonchev–Trinajstić information content (AvgIpc) is 1.64. The van der Waals surface area contributed by atoms with Crippen molar-refractivity contribution in [3.63, 3.8) is 0 Å². The van der Waals surface area contributed by atoms with E-state index in [1.54, 1.807) is 58.0 Å². The third-order valence-corrected chi connectivity index (χ3v) is 30.8. The molecular formula is C99H128B2Br2F8N17O10S. The van der Waals surface area contributed by atoms with Crippen LogP contribution in [0.1, 0.15) is 279 Å². The second-order valence-corrected chi connectivity index (χ2v) is 40.3. The topological polar surface area (TPSA) is 242 Å². The molecule has 1 radical (unpaired) electrons. The molecule has 0 spiro atoms. The van der Waals surface area contributed by atoms with E-state index in [0.29, 0.717) is 101 Å². The van der Waals surface area contributed by atoms with Crippen molar-refractivity contribution in [1.82, 2.24) is 58.7 Å². The second-order valence-electron chi connectivity index (χ2n) is 38.5. The summed E-state index contributed by atoms with van der Waals surface area (Å²) in [5.41, 5.74) is 15.8. The number of carbonyl (C=O) groups excluding carboxylic acids is 4. The van der Waals surface area contributed by atoms with Crippen molar-refractivity contribution in [2.45, 2.75) is 278 Å². The van der Waals surface area contributed by atoms with E-state index in [1.807, 2.05) is 65.5 Å². The number of carbonyl (C=O) groups is 4. The van der Waals surface area contributed by atoms with Crippen molar-refractivity contribution in [2.24, 2.45) is 4.30 Å². The molecule has 17 heterocycles. The quantitative estimate of drug-likeness (QED) is 0.0656. The maximum atomic E-state index is 14.6. The van der Waals surface area contributed by atoms with Crippen LogP contribution in [0.15, 0.2) is 74.0 Å².